The number of benzene rings is 2. The standard InChI is InChI=1S/C20H21ClN2O2S/c1-14-23-18(13-26-14)12-25-19-8-2-15(3-9-19)10-22-11-20(24)16-4-6-17(21)7-5-16/h2-9,13,20,22,24H,10-12H2,1H3. The average Bonchev–Trinajstić information content (AvgIpc) is 3.07. The first-order valence-electron chi connectivity index (χ1n) is 8.37. The average molecular weight is 389 g/mol. The number of nitrogens with zero attached hydrogens (tertiary/aromatic N) is 1. The fraction of sp³-hybridized carbons (Fsp3) is 0.250. The second-order valence-electron chi connectivity index (χ2n) is 5.99. The minimum absolute atomic E-state index is 0.475. The highest BCUT2D eigenvalue weighted by Gasteiger charge is 2.07. The monoisotopic (exact) mass is 388 g/mol. The van der Waals surface area contributed by atoms with E-state index in [0.717, 1.165) is 27.6 Å². The predicted molar refractivity (Wildman–Crippen MR) is 106 cm³/mol. The Labute approximate surface area is 162 Å². The third-order valence-corrected chi connectivity index (χ3v) is 4.97. The smallest absolute Gasteiger partial charge is 0.131 e. The molecule has 6 heteroatoms. The highest BCUT2D eigenvalue weighted by atomic mass is 35.5. The molecule has 4 nitrogen and oxygen atoms in total. The maximum Gasteiger partial charge on any atom is 0.131 e. The number of aliphatic hydroxyl groups is 1. The quantitative estimate of drug-likeness (QED) is 0.596. The normalized spacial score (nSPS) is 12.1. The van der Waals surface area contributed by atoms with Crippen LogP contribution in [0.25, 0.3) is 0 Å². The second-order valence-corrected chi connectivity index (χ2v) is 7.49. The first-order chi connectivity index (χ1) is 12.6. The number of rotatable bonds is 8. The molecule has 0 aliphatic carbocycles. The number of hydrogen-bond donors (Lipinski definition) is 2. The number of thiazole rings is 1. The lowest BCUT2D eigenvalue weighted by Gasteiger charge is -2.12. The zero-order valence-electron chi connectivity index (χ0n) is 14.5. The Hall–Kier alpha value is -1.92. The molecule has 136 valence electrons. The van der Waals surface area contributed by atoms with Crippen molar-refractivity contribution in [2.75, 3.05) is 6.54 Å². The molecule has 1 heterocycles. The van der Waals surface area contributed by atoms with Crippen molar-refractivity contribution in [2.24, 2.45) is 0 Å². The van der Waals surface area contributed by atoms with Gasteiger partial charge in [-0.15, -0.1) is 11.3 Å². The minimum Gasteiger partial charge on any atom is -0.487 e. The van der Waals surface area contributed by atoms with Crippen LogP contribution >= 0.6 is 22.9 Å². The molecule has 2 aromatic carbocycles. The number of aryl methyl sites for hydroxylation is 1. The summed E-state index contributed by atoms with van der Waals surface area (Å²) in [7, 11) is 0. The van der Waals surface area contributed by atoms with E-state index in [2.05, 4.69) is 10.3 Å². The molecule has 0 radical (unpaired) electrons. The van der Waals surface area contributed by atoms with Crippen molar-refractivity contribution in [3.63, 3.8) is 0 Å². The summed E-state index contributed by atoms with van der Waals surface area (Å²) in [6.07, 6.45) is -0.559. The van der Waals surface area contributed by atoms with Gasteiger partial charge in [-0.05, 0) is 42.3 Å². The molecule has 2 N–H and O–H groups in total. The molecule has 0 saturated carbocycles. The highest BCUT2D eigenvalue weighted by Crippen LogP contribution is 2.17. The maximum absolute atomic E-state index is 10.2. The van der Waals surface area contributed by atoms with E-state index in [1.54, 1.807) is 23.5 Å². The maximum atomic E-state index is 10.2. The first kappa shape index (κ1) is 18.9. The van der Waals surface area contributed by atoms with Crippen LogP contribution in [0.2, 0.25) is 5.02 Å². The van der Waals surface area contributed by atoms with E-state index in [1.807, 2.05) is 48.7 Å². The number of ether oxygens (including phenoxy) is 1. The van der Waals surface area contributed by atoms with Crippen molar-refractivity contribution in [2.45, 2.75) is 26.2 Å². The number of nitrogens with one attached hydrogen (secondary N) is 1. The Morgan fingerprint density at radius 2 is 1.88 bits per heavy atom. The summed E-state index contributed by atoms with van der Waals surface area (Å²) < 4.78 is 5.74. The summed E-state index contributed by atoms with van der Waals surface area (Å²) in [6.45, 7) is 3.62. The molecule has 3 rings (SSSR count). The van der Waals surface area contributed by atoms with Gasteiger partial charge in [0.2, 0.25) is 0 Å². The molecule has 0 fully saturated rings. The largest absolute Gasteiger partial charge is 0.487 e. The molecule has 0 bridgehead atoms. The van der Waals surface area contributed by atoms with Gasteiger partial charge in [-0.3, -0.25) is 0 Å². The molecular weight excluding hydrogens is 368 g/mol. The zero-order valence-corrected chi connectivity index (χ0v) is 16.1. The minimum atomic E-state index is -0.559. The number of halogens is 1. The van der Waals surface area contributed by atoms with E-state index in [1.165, 1.54) is 0 Å². The molecule has 0 amide bonds. The van der Waals surface area contributed by atoms with Crippen LogP contribution in [0.5, 0.6) is 5.75 Å². The summed E-state index contributed by atoms with van der Waals surface area (Å²) in [5.41, 5.74) is 2.93. The lowest BCUT2D eigenvalue weighted by molar-refractivity contribution is 0.174. The van der Waals surface area contributed by atoms with Crippen LogP contribution in [0.4, 0.5) is 0 Å². The van der Waals surface area contributed by atoms with E-state index >= 15 is 0 Å². The SMILES string of the molecule is Cc1nc(COc2ccc(CNCC(O)c3ccc(Cl)cc3)cc2)cs1. The van der Waals surface area contributed by atoms with Crippen molar-refractivity contribution in [1.82, 2.24) is 10.3 Å². The molecule has 3 aromatic rings. The van der Waals surface area contributed by atoms with Crippen LogP contribution in [0.1, 0.15) is 27.9 Å². The Morgan fingerprint density at radius 3 is 2.54 bits per heavy atom. The van der Waals surface area contributed by atoms with Gasteiger partial charge in [-0.25, -0.2) is 4.98 Å². The summed E-state index contributed by atoms with van der Waals surface area (Å²) in [6, 6.07) is 15.2. The Balaban J connectivity index is 1.43. The van der Waals surface area contributed by atoms with Gasteiger partial charge < -0.3 is 15.2 Å². The van der Waals surface area contributed by atoms with Crippen molar-refractivity contribution < 1.29 is 9.84 Å². The van der Waals surface area contributed by atoms with Gasteiger partial charge in [-0.2, -0.15) is 0 Å². The van der Waals surface area contributed by atoms with Crippen molar-refractivity contribution in [3.8, 4) is 5.75 Å². The highest BCUT2D eigenvalue weighted by molar-refractivity contribution is 7.09. The van der Waals surface area contributed by atoms with E-state index < -0.39 is 6.10 Å². The van der Waals surface area contributed by atoms with Crippen LogP contribution in [-0.2, 0) is 13.2 Å². The fourth-order valence-electron chi connectivity index (χ4n) is 2.49. The summed E-state index contributed by atoms with van der Waals surface area (Å²) >= 11 is 7.49. The predicted octanol–water partition coefficient (Wildman–Crippen LogP) is 4.51. The van der Waals surface area contributed by atoms with Crippen LogP contribution in [0.3, 0.4) is 0 Å². The third kappa shape index (κ3) is 5.54. The van der Waals surface area contributed by atoms with Crippen molar-refractivity contribution >= 4 is 22.9 Å². The van der Waals surface area contributed by atoms with Gasteiger partial charge in [0.25, 0.3) is 0 Å². The third-order valence-electron chi connectivity index (χ3n) is 3.90. The van der Waals surface area contributed by atoms with Gasteiger partial charge in [-0.1, -0.05) is 35.9 Å². The van der Waals surface area contributed by atoms with E-state index in [4.69, 9.17) is 16.3 Å². The zero-order chi connectivity index (χ0) is 18.4. The van der Waals surface area contributed by atoms with Crippen molar-refractivity contribution in [3.05, 3.63) is 80.8 Å². The van der Waals surface area contributed by atoms with E-state index in [9.17, 15) is 5.11 Å². The van der Waals surface area contributed by atoms with Crippen LogP contribution < -0.4 is 10.1 Å². The number of aliphatic hydroxyl groups excluding tert-OH is 1. The number of hydrogen-bond acceptors (Lipinski definition) is 5. The molecule has 0 aliphatic heterocycles. The van der Waals surface area contributed by atoms with Crippen LogP contribution in [-0.4, -0.2) is 16.6 Å². The Kier molecular flexibility index (Phi) is 6.63. The molecule has 1 aromatic heterocycles. The lowest BCUT2D eigenvalue weighted by atomic mass is 10.1. The van der Waals surface area contributed by atoms with E-state index in [0.29, 0.717) is 24.7 Å². The molecular formula is C20H21ClN2O2S. The summed E-state index contributed by atoms with van der Waals surface area (Å²) in [4.78, 5) is 4.38. The first-order valence-corrected chi connectivity index (χ1v) is 9.63. The summed E-state index contributed by atoms with van der Waals surface area (Å²) in [5.74, 6) is 0.820. The van der Waals surface area contributed by atoms with Crippen LogP contribution in [0.15, 0.2) is 53.9 Å². The van der Waals surface area contributed by atoms with Gasteiger partial charge >= 0.3 is 0 Å². The molecule has 0 spiro atoms. The van der Waals surface area contributed by atoms with Gasteiger partial charge in [0.1, 0.15) is 12.4 Å². The number of aromatic nitrogens is 1. The Morgan fingerprint density at radius 1 is 1.15 bits per heavy atom. The topological polar surface area (TPSA) is 54.4 Å². The molecule has 26 heavy (non-hydrogen) atoms. The molecule has 1 atom stereocenters. The van der Waals surface area contributed by atoms with Gasteiger partial charge in [0.05, 0.1) is 16.8 Å². The molecule has 0 saturated heterocycles. The fourth-order valence-corrected chi connectivity index (χ4v) is 3.21. The molecule has 1 unspecified atom stereocenters. The van der Waals surface area contributed by atoms with Crippen molar-refractivity contribution in [1.29, 1.82) is 0 Å². The van der Waals surface area contributed by atoms with E-state index in [-0.39, 0.29) is 0 Å². The summed E-state index contributed by atoms with van der Waals surface area (Å²) in [5, 5.41) is 17.2. The Bertz CT molecular complexity index is 819. The molecule has 0 aliphatic rings. The second kappa shape index (κ2) is 9.14. The van der Waals surface area contributed by atoms with Crippen LogP contribution in [0, 0.1) is 6.92 Å². The van der Waals surface area contributed by atoms with Gasteiger partial charge in [0, 0.05) is 23.5 Å². The lowest BCUT2D eigenvalue weighted by Crippen LogP contribution is -2.21. The van der Waals surface area contributed by atoms with Gasteiger partial charge in [0.15, 0.2) is 0 Å².